The molecule has 1 heterocycles. The molecule has 0 spiro atoms. The number of nitrogens with one attached hydrogen (secondary N) is 1. The van der Waals surface area contributed by atoms with Gasteiger partial charge in [-0.25, -0.2) is 4.79 Å². The van der Waals surface area contributed by atoms with Crippen molar-refractivity contribution in [2.45, 2.75) is 11.3 Å². The van der Waals surface area contributed by atoms with Gasteiger partial charge in [0, 0.05) is 29.5 Å². The van der Waals surface area contributed by atoms with E-state index in [-0.39, 0.29) is 12.5 Å². The Bertz CT molecular complexity index is 878. The first-order valence-corrected chi connectivity index (χ1v) is 10.1. The second-order valence-electron chi connectivity index (χ2n) is 6.08. The van der Waals surface area contributed by atoms with Crippen LogP contribution in [0.25, 0.3) is 5.69 Å². The summed E-state index contributed by atoms with van der Waals surface area (Å²) < 4.78 is 7.03. The molecular weight excluding hydrogens is 372 g/mol. The molecule has 3 aromatic rings. The van der Waals surface area contributed by atoms with Crippen molar-refractivity contribution in [1.82, 2.24) is 9.88 Å². The molecule has 0 fully saturated rings. The summed E-state index contributed by atoms with van der Waals surface area (Å²) in [6, 6.07) is 21.0. The lowest BCUT2D eigenvalue weighted by atomic mass is 10.2. The van der Waals surface area contributed by atoms with Crippen LogP contribution in [-0.4, -0.2) is 35.3 Å². The monoisotopic (exact) mass is 394 g/mol. The number of hydrogen-bond donors (Lipinski definition) is 1. The van der Waals surface area contributed by atoms with Crippen molar-refractivity contribution in [2.24, 2.45) is 0 Å². The first kappa shape index (κ1) is 19.8. The van der Waals surface area contributed by atoms with Gasteiger partial charge in [-0.2, -0.15) is 0 Å². The normalized spacial score (nSPS) is 10.4. The van der Waals surface area contributed by atoms with E-state index < -0.39 is 5.97 Å². The van der Waals surface area contributed by atoms with Gasteiger partial charge < -0.3 is 14.6 Å². The molecule has 0 atom stereocenters. The smallest absolute Gasteiger partial charge is 0.338 e. The fourth-order valence-electron chi connectivity index (χ4n) is 2.55. The molecule has 0 aliphatic heterocycles. The molecule has 1 N–H and O–H groups in total. The van der Waals surface area contributed by atoms with Crippen molar-refractivity contribution < 1.29 is 14.3 Å². The summed E-state index contributed by atoms with van der Waals surface area (Å²) in [6.07, 6.45) is 4.70. The van der Waals surface area contributed by atoms with E-state index in [1.807, 2.05) is 59.4 Å². The number of ether oxygens (including phenoxy) is 1. The van der Waals surface area contributed by atoms with Crippen LogP contribution in [0.5, 0.6) is 0 Å². The lowest BCUT2D eigenvalue weighted by molar-refractivity contribution is -0.124. The van der Waals surface area contributed by atoms with Crippen molar-refractivity contribution in [2.75, 3.05) is 18.9 Å². The van der Waals surface area contributed by atoms with E-state index >= 15 is 0 Å². The van der Waals surface area contributed by atoms with Crippen molar-refractivity contribution in [3.05, 3.63) is 84.7 Å². The highest BCUT2D eigenvalue weighted by atomic mass is 32.2. The van der Waals surface area contributed by atoms with E-state index in [2.05, 4.69) is 17.4 Å². The van der Waals surface area contributed by atoms with E-state index in [4.69, 9.17) is 4.74 Å². The van der Waals surface area contributed by atoms with Crippen molar-refractivity contribution in [3.8, 4) is 5.69 Å². The third-order valence-corrected chi connectivity index (χ3v) is 5.09. The number of esters is 1. The summed E-state index contributed by atoms with van der Waals surface area (Å²) in [5.41, 5.74) is 1.37. The summed E-state index contributed by atoms with van der Waals surface area (Å²) in [5, 5.41) is 2.77. The Balaban J connectivity index is 1.33. The van der Waals surface area contributed by atoms with Crippen molar-refractivity contribution in [3.63, 3.8) is 0 Å². The standard InChI is InChI=1S/C22H22N2O3S/c25-21(23-13-6-16-28-20-7-2-1-3-8-20)17-27-22(26)18-9-11-19(12-10-18)24-14-4-5-15-24/h1-5,7-12,14-15H,6,13,16-17H2,(H,23,25). The summed E-state index contributed by atoms with van der Waals surface area (Å²) >= 11 is 1.75. The SMILES string of the molecule is O=C(COC(=O)c1ccc(-n2cccc2)cc1)NCCCSc1ccccc1. The Kier molecular flexibility index (Phi) is 7.32. The summed E-state index contributed by atoms with van der Waals surface area (Å²) in [6.45, 7) is 0.284. The zero-order valence-electron chi connectivity index (χ0n) is 15.4. The summed E-state index contributed by atoms with van der Waals surface area (Å²) in [7, 11) is 0. The minimum absolute atomic E-state index is 0.274. The molecule has 1 amide bonds. The average Bonchev–Trinajstić information content (AvgIpc) is 3.27. The first-order chi connectivity index (χ1) is 13.7. The van der Waals surface area contributed by atoms with Crippen LogP contribution in [0.15, 0.2) is 84.0 Å². The third-order valence-electron chi connectivity index (χ3n) is 4.00. The Morgan fingerprint density at radius 1 is 0.929 bits per heavy atom. The number of aromatic nitrogens is 1. The van der Waals surface area contributed by atoms with Crippen LogP contribution in [0.2, 0.25) is 0 Å². The van der Waals surface area contributed by atoms with Gasteiger partial charge in [0.15, 0.2) is 6.61 Å². The molecule has 144 valence electrons. The average molecular weight is 394 g/mol. The zero-order chi connectivity index (χ0) is 19.6. The summed E-state index contributed by atoms with van der Waals surface area (Å²) in [4.78, 5) is 25.1. The number of carbonyl (C=O) groups excluding carboxylic acids is 2. The van der Waals surface area contributed by atoms with Crippen LogP contribution in [0.1, 0.15) is 16.8 Å². The fourth-order valence-corrected chi connectivity index (χ4v) is 3.42. The van der Waals surface area contributed by atoms with Gasteiger partial charge in [-0.15, -0.1) is 11.8 Å². The molecule has 6 heteroatoms. The van der Waals surface area contributed by atoms with E-state index in [9.17, 15) is 9.59 Å². The number of nitrogens with zero attached hydrogens (tertiary/aromatic N) is 1. The topological polar surface area (TPSA) is 60.3 Å². The Morgan fingerprint density at radius 2 is 1.64 bits per heavy atom. The van der Waals surface area contributed by atoms with E-state index in [1.165, 1.54) is 4.90 Å². The van der Waals surface area contributed by atoms with Gasteiger partial charge in [-0.1, -0.05) is 18.2 Å². The number of carbonyl (C=O) groups is 2. The van der Waals surface area contributed by atoms with E-state index in [1.54, 1.807) is 23.9 Å². The summed E-state index contributed by atoms with van der Waals surface area (Å²) in [5.74, 6) is 0.119. The van der Waals surface area contributed by atoms with Crippen molar-refractivity contribution in [1.29, 1.82) is 0 Å². The molecule has 0 saturated carbocycles. The Morgan fingerprint density at radius 3 is 2.36 bits per heavy atom. The molecule has 5 nitrogen and oxygen atoms in total. The molecule has 0 aliphatic rings. The highest BCUT2D eigenvalue weighted by Crippen LogP contribution is 2.17. The number of amides is 1. The molecule has 0 aliphatic carbocycles. The quantitative estimate of drug-likeness (QED) is 0.339. The minimum Gasteiger partial charge on any atom is -0.452 e. The molecule has 0 saturated heterocycles. The molecule has 1 aromatic heterocycles. The van der Waals surface area contributed by atoms with E-state index in [0.29, 0.717) is 12.1 Å². The molecule has 3 rings (SSSR count). The second kappa shape index (κ2) is 10.4. The van der Waals surface area contributed by atoms with Crippen LogP contribution in [0.3, 0.4) is 0 Å². The van der Waals surface area contributed by atoms with Gasteiger partial charge in [0.2, 0.25) is 0 Å². The number of benzene rings is 2. The maximum atomic E-state index is 12.1. The molecule has 28 heavy (non-hydrogen) atoms. The highest BCUT2D eigenvalue weighted by molar-refractivity contribution is 7.99. The van der Waals surface area contributed by atoms with Crippen LogP contribution < -0.4 is 5.32 Å². The van der Waals surface area contributed by atoms with Gasteiger partial charge in [-0.3, -0.25) is 4.79 Å². The van der Waals surface area contributed by atoms with Crippen molar-refractivity contribution >= 4 is 23.6 Å². The fraction of sp³-hybridized carbons (Fsp3) is 0.182. The maximum absolute atomic E-state index is 12.1. The lowest BCUT2D eigenvalue weighted by Gasteiger charge is -2.08. The third kappa shape index (κ3) is 6.03. The molecule has 0 unspecified atom stereocenters. The molecule has 0 radical (unpaired) electrons. The maximum Gasteiger partial charge on any atom is 0.338 e. The Labute approximate surface area is 168 Å². The number of thioether (sulfide) groups is 1. The minimum atomic E-state index is -0.506. The number of rotatable bonds is 9. The first-order valence-electron chi connectivity index (χ1n) is 9.07. The second-order valence-corrected chi connectivity index (χ2v) is 7.25. The predicted octanol–water partition coefficient (Wildman–Crippen LogP) is 3.93. The Hall–Kier alpha value is -2.99. The lowest BCUT2D eigenvalue weighted by Crippen LogP contribution is -2.29. The van der Waals surface area contributed by atoms with Gasteiger partial charge in [0.1, 0.15) is 0 Å². The van der Waals surface area contributed by atoms with Crippen LogP contribution in [0, 0.1) is 0 Å². The van der Waals surface area contributed by atoms with Gasteiger partial charge in [0.25, 0.3) is 5.91 Å². The largest absolute Gasteiger partial charge is 0.452 e. The van der Waals surface area contributed by atoms with Crippen LogP contribution in [-0.2, 0) is 9.53 Å². The molecule has 2 aromatic carbocycles. The highest BCUT2D eigenvalue weighted by Gasteiger charge is 2.10. The molecule has 0 bridgehead atoms. The van der Waals surface area contributed by atoms with Gasteiger partial charge >= 0.3 is 5.97 Å². The number of hydrogen-bond acceptors (Lipinski definition) is 4. The molecular formula is C22H22N2O3S. The zero-order valence-corrected chi connectivity index (χ0v) is 16.2. The van der Waals surface area contributed by atoms with Gasteiger partial charge in [0.05, 0.1) is 5.56 Å². The van der Waals surface area contributed by atoms with Crippen LogP contribution in [0.4, 0.5) is 0 Å². The van der Waals surface area contributed by atoms with Crippen LogP contribution >= 0.6 is 11.8 Å². The van der Waals surface area contributed by atoms with Gasteiger partial charge in [-0.05, 0) is 60.7 Å². The van der Waals surface area contributed by atoms with E-state index in [0.717, 1.165) is 17.9 Å². The predicted molar refractivity (Wildman–Crippen MR) is 111 cm³/mol.